The average Bonchev–Trinajstić information content (AvgIpc) is 3.35. The molecule has 1 aromatic heterocycles. The lowest BCUT2D eigenvalue weighted by atomic mass is 9.93. The van der Waals surface area contributed by atoms with Crippen molar-refractivity contribution in [1.82, 2.24) is 24.7 Å². The lowest BCUT2D eigenvalue weighted by Crippen LogP contribution is -2.50. The maximum absolute atomic E-state index is 12.5. The van der Waals surface area contributed by atoms with Gasteiger partial charge in [-0.2, -0.15) is 0 Å². The summed E-state index contributed by atoms with van der Waals surface area (Å²) >= 11 is 0. The van der Waals surface area contributed by atoms with E-state index < -0.39 is 0 Å². The van der Waals surface area contributed by atoms with Crippen LogP contribution in [-0.2, 0) is 0 Å². The third-order valence-electron chi connectivity index (χ3n) is 5.83. The number of aromatic nitrogens is 2. The van der Waals surface area contributed by atoms with Crippen molar-refractivity contribution >= 4 is 41.8 Å². The molecule has 2 amide bonds. The third-order valence-corrected chi connectivity index (χ3v) is 5.83. The smallest absolute Gasteiger partial charge is 0.261 e. The van der Waals surface area contributed by atoms with Crippen molar-refractivity contribution in [1.29, 1.82) is 0 Å². The van der Waals surface area contributed by atoms with Gasteiger partial charge in [0.15, 0.2) is 5.96 Å². The molecule has 9 heteroatoms. The van der Waals surface area contributed by atoms with E-state index in [4.69, 9.17) is 0 Å². The molecule has 0 radical (unpaired) electrons. The highest BCUT2D eigenvalue weighted by Crippen LogP contribution is 2.27. The Morgan fingerprint density at radius 2 is 1.93 bits per heavy atom. The molecule has 2 aromatic rings. The highest BCUT2D eigenvalue weighted by Gasteiger charge is 2.35. The molecule has 2 atom stereocenters. The van der Waals surface area contributed by atoms with Crippen LogP contribution in [0.4, 0.5) is 0 Å². The molecule has 0 spiro atoms. The highest BCUT2D eigenvalue weighted by atomic mass is 127. The molecule has 1 fully saturated rings. The third kappa shape index (κ3) is 4.21. The van der Waals surface area contributed by atoms with Crippen LogP contribution in [0.25, 0.3) is 0 Å². The predicted molar refractivity (Wildman–Crippen MR) is 125 cm³/mol. The van der Waals surface area contributed by atoms with Crippen molar-refractivity contribution in [2.24, 2.45) is 10.9 Å². The number of piperidine rings is 1. The number of carbonyl (C=O) groups is 2. The first-order valence-corrected chi connectivity index (χ1v) is 9.98. The second-order valence-corrected chi connectivity index (χ2v) is 7.57. The number of rotatable bonds is 4. The van der Waals surface area contributed by atoms with Crippen molar-refractivity contribution in [3.8, 4) is 0 Å². The molecule has 1 N–H and O–H groups in total. The second kappa shape index (κ2) is 9.59. The SMILES string of the molecule is CN=C(NCCN1C(=O)c2ccccc2C1=O)N1CCC(C)C(n2ccnc2)C1.I. The minimum absolute atomic E-state index is 0. The topological polar surface area (TPSA) is 82.8 Å². The van der Waals surface area contributed by atoms with E-state index in [1.54, 1.807) is 37.5 Å². The predicted octanol–water partition coefficient (Wildman–Crippen LogP) is 2.26. The molecule has 1 aromatic carbocycles. The number of nitrogens with zero attached hydrogens (tertiary/aromatic N) is 5. The van der Waals surface area contributed by atoms with Gasteiger partial charge >= 0.3 is 0 Å². The molecule has 2 aliphatic rings. The molecule has 0 saturated carbocycles. The Balaban J connectivity index is 0.00000256. The van der Waals surface area contributed by atoms with Gasteiger partial charge in [0.1, 0.15) is 0 Å². The number of halogens is 1. The Morgan fingerprint density at radius 1 is 1.23 bits per heavy atom. The van der Waals surface area contributed by atoms with Crippen LogP contribution in [0.2, 0.25) is 0 Å². The minimum Gasteiger partial charge on any atom is -0.354 e. The van der Waals surface area contributed by atoms with Crippen LogP contribution in [0.3, 0.4) is 0 Å². The maximum atomic E-state index is 12.5. The lowest BCUT2D eigenvalue weighted by molar-refractivity contribution is 0.0656. The van der Waals surface area contributed by atoms with Crippen molar-refractivity contribution < 1.29 is 9.59 Å². The zero-order valence-corrected chi connectivity index (χ0v) is 19.5. The summed E-state index contributed by atoms with van der Waals surface area (Å²) in [4.78, 5) is 37.1. The van der Waals surface area contributed by atoms with Crippen molar-refractivity contribution in [3.63, 3.8) is 0 Å². The van der Waals surface area contributed by atoms with Crippen LogP contribution in [-0.4, -0.2) is 70.4 Å². The van der Waals surface area contributed by atoms with E-state index in [1.165, 1.54) is 4.90 Å². The number of benzene rings is 1. The summed E-state index contributed by atoms with van der Waals surface area (Å²) in [7, 11) is 1.76. The molecule has 4 rings (SSSR count). The molecular weight excluding hydrogens is 495 g/mol. The van der Waals surface area contributed by atoms with Gasteiger partial charge in [-0.15, -0.1) is 24.0 Å². The average molecular weight is 522 g/mol. The van der Waals surface area contributed by atoms with Crippen LogP contribution in [0, 0.1) is 5.92 Å². The number of carbonyl (C=O) groups excluding carboxylic acids is 2. The maximum Gasteiger partial charge on any atom is 0.261 e. The number of imidazole rings is 1. The molecule has 30 heavy (non-hydrogen) atoms. The molecule has 1 saturated heterocycles. The van der Waals surface area contributed by atoms with Gasteiger partial charge in [0, 0.05) is 45.6 Å². The van der Waals surface area contributed by atoms with E-state index >= 15 is 0 Å². The van der Waals surface area contributed by atoms with Crippen molar-refractivity contribution in [3.05, 3.63) is 54.1 Å². The van der Waals surface area contributed by atoms with Gasteiger partial charge in [0.25, 0.3) is 11.8 Å². The summed E-state index contributed by atoms with van der Waals surface area (Å²) in [6.07, 6.45) is 6.73. The normalized spacial score (nSPS) is 21.5. The summed E-state index contributed by atoms with van der Waals surface area (Å²) < 4.78 is 2.16. The molecule has 0 bridgehead atoms. The fraction of sp³-hybridized carbons (Fsp3) is 0.429. The summed E-state index contributed by atoms with van der Waals surface area (Å²) in [6.45, 7) is 4.78. The lowest BCUT2D eigenvalue weighted by Gasteiger charge is -2.39. The van der Waals surface area contributed by atoms with E-state index in [0.717, 1.165) is 25.5 Å². The van der Waals surface area contributed by atoms with Crippen LogP contribution in [0.1, 0.15) is 40.1 Å². The van der Waals surface area contributed by atoms with Gasteiger partial charge in [-0.3, -0.25) is 19.5 Å². The molecular formula is C21H27IN6O2. The molecule has 2 aliphatic heterocycles. The zero-order chi connectivity index (χ0) is 20.4. The van der Waals surface area contributed by atoms with E-state index in [9.17, 15) is 9.59 Å². The summed E-state index contributed by atoms with van der Waals surface area (Å²) in [5.41, 5.74) is 0.963. The molecule has 3 heterocycles. The Bertz CT molecular complexity index is 894. The number of hydrogen-bond acceptors (Lipinski definition) is 4. The molecule has 160 valence electrons. The largest absolute Gasteiger partial charge is 0.354 e. The van der Waals surface area contributed by atoms with Crippen LogP contribution >= 0.6 is 24.0 Å². The Morgan fingerprint density at radius 3 is 2.53 bits per heavy atom. The number of fused-ring (bicyclic) bond motifs is 1. The minimum atomic E-state index is -0.227. The first-order valence-electron chi connectivity index (χ1n) is 9.98. The Labute approximate surface area is 193 Å². The fourth-order valence-corrected chi connectivity index (χ4v) is 4.15. The number of amides is 2. The zero-order valence-electron chi connectivity index (χ0n) is 17.2. The molecule has 2 unspecified atom stereocenters. The summed E-state index contributed by atoms with van der Waals surface area (Å²) in [5, 5.41) is 3.32. The van der Waals surface area contributed by atoms with E-state index in [1.807, 2.05) is 12.5 Å². The van der Waals surface area contributed by atoms with Gasteiger partial charge in [0.05, 0.1) is 23.5 Å². The van der Waals surface area contributed by atoms with E-state index in [2.05, 4.69) is 31.7 Å². The highest BCUT2D eigenvalue weighted by molar-refractivity contribution is 14.0. The number of likely N-dealkylation sites (tertiary alicyclic amines) is 1. The first kappa shape index (κ1) is 22.3. The number of hydrogen-bond donors (Lipinski definition) is 1. The van der Waals surface area contributed by atoms with Gasteiger partial charge < -0.3 is 14.8 Å². The van der Waals surface area contributed by atoms with Crippen LogP contribution in [0.15, 0.2) is 48.0 Å². The molecule has 8 nitrogen and oxygen atoms in total. The van der Waals surface area contributed by atoms with Gasteiger partial charge in [-0.25, -0.2) is 4.98 Å². The second-order valence-electron chi connectivity index (χ2n) is 7.57. The van der Waals surface area contributed by atoms with Gasteiger partial charge in [0.2, 0.25) is 0 Å². The summed E-state index contributed by atoms with van der Waals surface area (Å²) in [5.74, 6) is 0.888. The van der Waals surface area contributed by atoms with Gasteiger partial charge in [-0.05, 0) is 24.5 Å². The van der Waals surface area contributed by atoms with E-state index in [0.29, 0.717) is 36.2 Å². The monoisotopic (exact) mass is 522 g/mol. The van der Waals surface area contributed by atoms with Crippen molar-refractivity contribution in [2.45, 2.75) is 19.4 Å². The number of imide groups is 1. The van der Waals surface area contributed by atoms with E-state index in [-0.39, 0.29) is 35.8 Å². The Kier molecular flexibility index (Phi) is 7.11. The first-order chi connectivity index (χ1) is 14.1. The Hall–Kier alpha value is -2.43. The van der Waals surface area contributed by atoms with Gasteiger partial charge in [-0.1, -0.05) is 19.1 Å². The fourth-order valence-electron chi connectivity index (χ4n) is 4.15. The van der Waals surface area contributed by atoms with Crippen LogP contribution in [0.5, 0.6) is 0 Å². The molecule has 0 aliphatic carbocycles. The summed E-state index contributed by atoms with van der Waals surface area (Å²) in [6, 6.07) is 7.30. The number of guanidine groups is 1. The number of aliphatic imine (C=N–C) groups is 1. The standard InChI is InChI=1S/C21H26N6O2.HI/c1-15-7-10-25(13-18(15)26-11-8-23-14-26)21(22-2)24-9-12-27-19(28)16-5-3-4-6-17(16)20(27)29;/h3-6,8,11,14-15,18H,7,9-10,12-13H2,1-2H3,(H,22,24);1H. The quantitative estimate of drug-likeness (QED) is 0.289. The van der Waals surface area contributed by atoms with Crippen LogP contribution < -0.4 is 5.32 Å². The van der Waals surface area contributed by atoms with Crippen molar-refractivity contribution in [2.75, 3.05) is 33.2 Å². The number of nitrogens with one attached hydrogen (secondary N) is 1.